The van der Waals surface area contributed by atoms with E-state index in [9.17, 15) is 0 Å². The summed E-state index contributed by atoms with van der Waals surface area (Å²) < 4.78 is 0. The molecule has 2 aromatic carbocycles. The highest BCUT2D eigenvalue weighted by atomic mass is 35.5. The molecular weight excluding hydrogens is 460 g/mol. The van der Waals surface area contributed by atoms with Crippen molar-refractivity contribution in [3.05, 3.63) is 52.3 Å². The van der Waals surface area contributed by atoms with Crippen LogP contribution < -0.4 is 0 Å². The molecule has 2 aromatic rings. The number of benzene rings is 2. The van der Waals surface area contributed by atoms with Gasteiger partial charge in [-0.05, 0) is 12.1 Å². The summed E-state index contributed by atoms with van der Waals surface area (Å²) >= 11 is 49.5. The van der Waals surface area contributed by atoms with Gasteiger partial charge in [0.2, 0.25) is 0 Å². The summed E-state index contributed by atoms with van der Waals surface area (Å²) in [5, 5.41) is 1.93. The maximum atomic E-state index is 6.16. The zero-order chi connectivity index (χ0) is 15.9. The second-order valence-electron chi connectivity index (χ2n) is 3.70. The molecule has 0 spiro atoms. The molecule has 0 nitrogen and oxygen atoms in total. The first kappa shape index (κ1) is 18.4. The van der Waals surface area contributed by atoms with Gasteiger partial charge in [-0.25, -0.2) is 0 Å². The van der Waals surface area contributed by atoms with Gasteiger partial charge >= 0.3 is 0 Å². The molecule has 9 heteroatoms. The fraction of sp³-hybridized carbons (Fsp3) is 0. The molecule has 0 unspecified atom stereocenters. The van der Waals surface area contributed by atoms with Gasteiger partial charge in [0, 0.05) is 0 Å². The Kier molecular flexibility index (Phi) is 6.45. The van der Waals surface area contributed by atoms with E-state index in [-0.39, 0.29) is 30.1 Å². The Morgan fingerprint density at radius 2 is 0.810 bits per heavy atom. The van der Waals surface area contributed by atoms with Gasteiger partial charge in [-0.1, -0.05) is 105 Å². The molecule has 0 fully saturated rings. The monoisotopic (exact) mass is 458 g/mol. The molecule has 2 rings (SSSR count). The maximum absolute atomic E-state index is 6.16. The van der Waals surface area contributed by atoms with Gasteiger partial charge in [0.05, 0.1) is 50.0 Å². The van der Waals surface area contributed by atoms with Crippen LogP contribution in [0.1, 0.15) is 0 Å². The third kappa shape index (κ3) is 3.79. The molecule has 0 saturated carbocycles. The molecule has 0 aliphatic rings. The van der Waals surface area contributed by atoms with Crippen LogP contribution >= 0.6 is 105 Å². The van der Waals surface area contributed by atoms with Crippen LogP contribution in [0.15, 0.2) is 21.9 Å². The second kappa shape index (κ2) is 7.34. The molecule has 0 saturated heterocycles. The van der Waals surface area contributed by atoms with Crippen LogP contribution in [-0.4, -0.2) is 0 Å². The molecule has 0 aliphatic heterocycles. The lowest BCUT2D eigenvalue weighted by Crippen LogP contribution is -1.85. The van der Waals surface area contributed by atoms with E-state index in [0.29, 0.717) is 19.8 Å². The van der Waals surface area contributed by atoms with Gasteiger partial charge in [-0.15, -0.1) is 0 Å². The van der Waals surface area contributed by atoms with Crippen LogP contribution in [0, 0.1) is 0 Å². The van der Waals surface area contributed by atoms with Crippen LogP contribution in [0.3, 0.4) is 0 Å². The summed E-state index contributed by atoms with van der Waals surface area (Å²) in [6.45, 7) is 0. The fourth-order valence-electron chi connectivity index (χ4n) is 1.39. The predicted octanol–water partition coefficient (Wildman–Crippen LogP) is 9.06. The molecule has 0 atom stereocenters. The summed E-state index contributed by atoms with van der Waals surface area (Å²) in [4.78, 5) is 0.935. The van der Waals surface area contributed by atoms with Gasteiger partial charge in [-0.3, -0.25) is 0 Å². The zero-order valence-electron chi connectivity index (χ0n) is 9.59. The Morgan fingerprint density at radius 3 is 1.14 bits per heavy atom. The smallest absolute Gasteiger partial charge is 0.0791 e. The second-order valence-corrected chi connectivity index (χ2v) is 7.86. The molecule has 0 aromatic heterocycles. The average molecular weight is 462 g/mol. The molecule has 112 valence electrons. The minimum absolute atomic E-state index is 0.192. The summed E-state index contributed by atoms with van der Waals surface area (Å²) in [5.74, 6) is 0. The normalized spacial score (nSPS) is 11.0. The van der Waals surface area contributed by atoms with Crippen molar-refractivity contribution in [3.8, 4) is 0 Å². The lowest BCUT2D eigenvalue weighted by Gasteiger charge is -2.13. The summed E-state index contributed by atoms with van der Waals surface area (Å²) in [6, 6.07) is 2.97. The average Bonchev–Trinajstić information content (AvgIpc) is 2.42. The number of rotatable bonds is 2. The van der Waals surface area contributed by atoms with E-state index in [2.05, 4.69) is 0 Å². The van der Waals surface area contributed by atoms with Crippen LogP contribution in [0.2, 0.25) is 40.2 Å². The summed E-state index contributed by atoms with van der Waals surface area (Å²) in [5.41, 5.74) is 0. The van der Waals surface area contributed by atoms with Crippen LogP contribution in [0.5, 0.6) is 0 Å². The first-order chi connectivity index (χ1) is 9.73. The van der Waals surface area contributed by atoms with E-state index in [1.54, 1.807) is 0 Å². The molecule has 21 heavy (non-hydrogen) atoms. The minimum Gasteiger partial charge on any atom is -0.0837 e. The van der Waals surface area contributed by atoms with Crippen molar-refractivity contribution in [2.45, 2.75) is 9.79 Å². The lowest BCUT2D eigenvalue weighted by molar-refractivity contribution is 1.40. The quantitative estimate of drug-likeness (QED) is 0.317. The topological polar surface area (TPSA) is 0 Å². The molecule has 0 bridgehead atoms. The summed E-state index contributed by atoms with van der Waals surface area (Å²) in [7, 11) is 0. The van der Waals surface area contributed by atoms with E-state index in [4.69, 9.17) is 92.8 Å². The van der Waals surface area contributed by atoms with Crippen molar-refractivity contribution in [1.29, 1.82) is 0 Å². The third-order valence-corrected chi connectivity index (χ3v) is 7.17. The van der Waals surface area contributed by atoms with E-state index < -0.39 is 0 Å². The Bertz CT molecular complexity index is 667. The Morgan fingerprint density at radius 1 is 0.476 bits per heavy atom. The van der Waals surface area contributed by atoms with Crippen molar-refractivity contribution in [2.24, 2.45) is 0 Å². The summed E-state index contributed by atoms with van der Waals surface area (Å²) in [6.07, 6.45) is 0. The first-order valence-corrected chi connectivity index (χ1v) is 8.92. The standard InChI is InChI=1S/C12H2Cl8S/c13-3-1-5(15)11(9(19)7(3)17)21-12-6(16)2-4(14)8(18)10(12)20/h1-2H. The largest absolute Gasteiger partial charge is 0.0837 e. The number of hydrogen-bond acceptors (Lipinski definition) is 1. The van der Waals surface area contributed by atoms with Crippen LogP contribution in [0.25, 0.3) is 0 Å². The van der Waals surface area contributed by atoms with Gasteiger partial charge in [-0.2, -0.15) is 0 Å². The molecule has 0 radical (unpaired) electrons. The van der Waals surface area contributed by atoms with E-state index >= 15 is 0 Å². The zero-order valence-corrected chi connectivity index (χ0v) is 16.5. The van der Waals surface area contributed by atoms with E-state index in [1.807, 2.05) is 0 Å². The third-order valence-electron chi connectivity index (χ3n) is 2.35. The molecular formula is C12H2Cl8S. The van der Waals surface area contributed by atoms with Crippen molar-refractivity contribution >= 4 is 105 Å². The Balaban J connectivity index is 2.59. The molecule has 0 heterocycles. The van der Waals surface area contributed by atoms with Crippen LogP contribution in [0.4, 0.5) is 0 Å². The predicted molar refractivity (Wildman–Crippen MR) is 97.1 cm³/mol. The van der Waals surface area contributed by atoms with Crippen LogP contribution in [-0.2, 0) is 0 Å². The van der Waals surface area contributed by atoms with Gasteiger partial charge in [0.15, 0.2) is 0 Å². The lowest BCUT2D eigenvalue weighted by atomic mass is 10.3. The fourth-order valence-corrected chi connectivity index (χ4v) is 4.69. The highest BCUT2D eigenvalue weighted by molar-refractivity contribution is 7.99. The van der Waals surface area contributed by atoms with E-state index in [0.717, 1.165) is 11.8 Å². The van der Waals surface area contributed by atoms with Gasteiger partial charge in [0.25, 0.3) is 0 Å². The van der Waals surface area contributed by atoms with Crippen molar-refractivity contribution in [3.63, 3.8) is 0 Å². The molecule has 0 amide bonds. The molecule has 0 aliphatic carbocycles. The SMILES string of the molecule is Clc1cc(Cl)c(Sc2c(Cl)cc(Cl)c(Cl)c2Cl)c(Cl)c1Cl. The van der Waals surface area contributed by atoms with Gasteiger partial charge in [0.1, 0.15) is 0 Å². The minimum atomic E-state index is 0.192. The molecule has 0 N–H and O–H groups in total. The van der Waals surface area contributed by atoms with Crippen molar-refractivity contribution in [1.82, 2.24) is 0 Å². The van der Waals surface area contributed by atoms with Gasteiger partial charge < -0.3 is 0 Å². The van der Waals surface area contributed by atoms with E-state index in [1.165, 1.54) is 12.1 Å². The Labute approximate surface area is 165 Å². The highest BCUT2D eigenvalue weighted by Crippen LogP contribution is 2.50. The Hall–Kier alpha value is 1.11. The number of halogens is 8. The first-order valence-electron chi connectivity index (χ1n) is 5.07. The van der Waals surface area contributed by atoms with Crippen molar-refractivity contribution in [2.75, 3.05) is 0 Å². The number of hydrogen-bond donors (Lipinski definition) is 0. The highest BCUT2D eigenvalue weighted by Gasteiger charge is 2.20. The van der Waals surface area contributed by atoms with Crippen molar-refractivity contribution < 1.29 is 0 Å². The maximum Gasteiger partial charge on any atom is 0.0791 e.